The van der Waals surface area contributed by atoms with Crippen LogP contribution in [0.1, 0.15) is 22.8 Å². The second-order valence-corrected chi connectivity index (χ2v) is 6.94. The number of hydrogen-bond acceptors (Lipinski definition) is 5. The lowest BCUT2D eigenvalue weighted by atomic mass is 10.1. The topological polar surface area (TPSA) is 67.4 Å². The van der Waals surface area contributed by atoms with Crippen molar-refractivity contribution < 1.29 is 9.53 Å². The van der Waals surface area contributed by atoms with Crippen molar-refractivity contribution in [1.82, 2.24) is 9.97 Å². The van der Waals surface area contributed by atoms with E-state index in [4.69, 9.17) is 4.74 Å². The molecule has 1 aliphatic heterocycles. The molecule has 0 saturated carbocycles. The zero-order valence-corrected chi connectivity index (χ0v) is 16.5. The summed E-state index contributed by atoms with van der Waals surface area (Å²) < 4.78 is 5.40. The zero-order chi connectivity index (χ0) is 20.1. The molecule has 2 aromatic carbocycles. The molecule has 1 amide bonds. The minimum Gasteiger partial charge on any atom is -0.378 e. The Balaban J connectivity index is 1.46. The number of benzene rings is 2. The van der Waals surface area contributed by atoms with Crippen molar-refractivity contribution in [1.29, 1.82) is 0 Å². The van der Waals surface area contributed by atoms with E-state index in [9.17, 15) is 4.79 Å². The summed E-state index contributed by atoms with van der Waals surface area (Å²) in [5, 5.41) is 2.94. The Labute approximate surface area is 170 Å². The van der Waals surface area contributed by atoms with Gasteiger partial charge in [0.05, 0.1) is 18.9 Å². The summed E-state index contributed by atoms with van der Waals surface area (Å²) in [6, 6.07) is 17.4. The van der Waals surface area contributed by atoms with E-state index in [0.29, 0.717) is 18.8 Å². The second-order valence-electron chi connectivity index (χ2n) is 6.94. The SMILES string of the molecule is CCc1ccc(NC(=O)c2ccc(-c3cc(N4CCOCC4)ncn3)cc2)cc1. The Kier molecular flexibility index (Phi) is 5.81. The molecule has 6 heteroatoms. The van der Waals surface area contributed by atoms with Gasteiger partial charge in [-0.05, 0) is 36.2 Å². The highest BCUT2D eigenvalue weighted by molar-refractivity contribution is 6.04. The van der Waals surface area contributed by atoms with Gasteiger partial charge in [0.15, 0.2) is 0 Å². The van der Waals surface area contributed by atoms with Crippen LogP contribution in [0.2, 0.25) is 0 Å². The van der Waals surface area contributed by atoms with Crippen LogP contribution in [0.15, 0.2) is 60.9 Å². The summed E-state index contributed by atoms with van der Waals surface area (Å²) in [5.41, 5.74) is 4.43. The van der Waals surface area contributed by atoms with E-state index in [1.54, 1.807) is 6.33 Å². The number of rotatable bonds is 5. The van der Waals surface area contributed by atoms with E-state index in [1.807, 2.05) is 54.6 Å². The summed E-state index contributed by atoms with van der Waals surface area (Å²) in [4.78, 5) is 23.5. The molecule has 148 valence electrons. The van der Waals surface area contributed by atoms with Crippen LogP contribution in [0.25, 0.3) is 11.3 Å². The highest BCUT2D eigenvalue weighted by atomic mass is 16.5. The highest BCUT2D eigenvalue weighted by Crippen LogP contribution is 2.22. The molecular formula is C23H24N4O2. The number of carbonyl (C=O) groups excluding carboxylic acids is 1. The first-order valence-corrected chi connectivity index (χ1v) is 9.88. The Morgan fingerprint density at radius 2 is 1.76 bits per heavy atom. The fraction of sp³-hybridized carbons (Fsp3) is 0.261. The Morgan fingerprint density at radius 1 is 1.03 bits per heavy atom. The first-order chi connectivity index (χ1) is 14.2. The van der Waals surface area contributed by atoms with Gasteiger partial charge in [-0.1, -0.05) is 31.2 Å². The maximum Gasteiger partial charge on any atom is 0.255 e. The molecule has 1 aromatic heterocycles. The van der Waals surface area contributed by atoms with E-state index < -0.39 is 0 Å². The fourth-order valence-corrected chi connectivity index (χ4v) is 3.29. The van der Waals surface area contributed by atoms with Gasteiger partial charge in [-0.3, -0.25) is 4.79 Å². The van der Waals surface area contributed by atoms with Crippen molar-refractivity contribution in [3.8, 4) is 11.3 Å². The number of aryl methyl sites for hydroxylation is 1. The highest BCUT2D eigenvalue weighted by Gasteiger charge is 2.14. The third-order valence-electron chi connectivity index (χ3n) is 5.05. The number of aromatic nitrogens is 2. The van der Waals surface area contributed by atoms with Crippen LogP contribution in [-0.2, 0) is 11.2 Å². The van der Waals surface area contributed by atoms with Crippen molar-refractivity contribution in [2.75, 3.05) is 36.5 Å². The van der Waals surface area contributed by atoms with Crippen molar-refractivity contribution >= 4 is 17.4 Å². The monoisotopic (exact) mass is 388 g/mol. The minimum atomic E-state index is -0.127. The molecule has 0 bridgehead atoms. The summed E-state index contributed by atoms with van der Waals surface area (Å²) in [6.45, 7) is 5.19. The molecule has 0 aliphatic carbocycles. The lowest BCUT2D eigenvalue weighted by molar-refractivity contribution is 0.102. The molecule has 6 nitrogen and oxygen atoms in total. The van der Waals surface area contributed by atoms with Gasteiger partial charge < -0.3 is 15.0 Å². The van der Waals surface area contributed by atoms with Crippen LogP contribution in [-0.4, -0.2) is 42.2 Å². The molecule has 1 saturated heterocycles. The van der Waals surface area contributed by atoms with Gasteiger partial charge in [0.25, 0.3) is 5.91 Å². The molecule has 3 aromatic rings. The quantitative estimate of drug-likeness (QED) is 0.720. The average molecular weight is 388 g/mol. The van der Waals surface area contributed by atoms with E-state index in [-0.39, 0.29) is 5.91 Å². The lowest BCUT2D eigenvalue weighted by Gasteiger charge is -2.27. The maximum absolute atomic E-state index is 12.5. The normalized spacial score (nSPS) is 13.9. The molecule has 29 heavy (non-hydrogen) atoms. The predicted octanol–water partition coefficient (Wildman–Crippen LogP) is 3.79. The molecule has 0 spiro atoms. The second kappa shape index (κ2) is 8.84. The number of morpholine rings is 1. The van der Waals surface area contributed by atoms with Crippen molar-refractivity contribution in [2.45, 2.75) is 13.3 Å². The summed E-state index contributed by atoms with van der Waals surface area (Å²) in [5.74, 6) is 0.771. The lowest BCUT2D eigenvalue weighted by Crippen LogP contribution is -2.36. The van der Waals surface area contributed by atoms with Crippen LogP contribution in [0, 0.1) is 0 Å². The fourth-order valence-electron chi connectivity index (χ4n) is 3.29. The number of nitrogens with one attached hydrogen (secondary N) is 1. The van der Waals surface area contributed by atoms with Gasteiger partial charge in [0.2, 0.25) is 0 Å². The van der Waals surface area contributed by atoms with Crippen LogP contribution < -0.4 is 10.2 Å². The Hall–Kier alpha value is -3.25. The zero-order valence-electron chi connectivity index (χ0n) is 16.5. The number of nitrogens with zero attached hydrogens (tertiary/aromatic N) is 3. The van der Waals surface area contributed by atoms with Crippen LogP contribution in [0.5, 0.6) is 0 Å². The first kappa shape index (κ1) is 19.1. The largest absolute Gasteiger partial charge is 0.378 e. The molecule has 4 rings (SSSR count). The standard InChI is InChI=1S/C23H24N4O2/c1-2-17-3-9-20(10-4-17)26-23(28)19-7-5-18(6-8-19)21-15-22(25-16-24-21)27-11-13-29-14-12-27/h3-10,15-16H,2,11-14H2,1H3,(H,26,28). The van der Waals surface area contributed by atoms with E-state index in [1.165, 1.54) is 5.56 Å². The van der Waals surface area contributed by atoms with Crippen molar-refractivity contribution in [2.24, 2.45) is 0 Å². The Morgan fingerprint density at radius 3 is 2.45 bits per heavy atom. The molecule has 0 unspecified atom stereocenters. The molecule has 2 heterocycles. The maximum atomic E-state index is 12.5. The number of carbonyl (C=O) groups is 1. The molecule has 0 radical (unpaired) electrons. The first-order valence-electron chi connectivity index (χ1n) is 9.88. The molecule has 1 aliphatic rings. The van der Waals surface area contributed by atoms with E-state index in [2.05, 4.69) is 27.1 Å². The van der Waals surface area contributed by atoms with Gasteiger partial charge in [-0.25, -0.2) is 9.97 Å². The third kappa shape index (κ3) is 4.60. The summed E-state index contributed by atoms with van der Waals surface area (Å²) in [6.07, 6.45) is 2.56. The van der Waals surface area contributed by atoms with Crippen LogP contribution >= 0.6 is 0 Å². The molecule has 0 atom stereocenters. The predicted molar refractivity (Wildman–Crippen MR) is 114 cm³/mol. The number of ether oxygens (including phenoxy) is 1. The average Bonchev–Trinajstić information content (AvgIpc) is 2.80. The number of amides is 1. The van der Waals surface area contributed by atoms with Crippen LogP contribution in [0.3, 0.4) is 0 Å². The number of hydrogen-bond donors (Lipinski definition) is 1. The third-order valence-corrected chi connectivity index (χ3v) is 5.05. The van der Waals surface area contributed by atoms with Gasteiger partial charge >= 0.3 is 0 Å². The molecular weight excluding hydrogens is 364 g/mol. The van der Waals surface area contributed by atoms with Gasteiger partial charge in [-0.2, -0.15) is 0 Å². The van der Waals surface area contributed by atoms with Gasteiger partial charge in [-0.15, -0.1) is 0 Å². The molecule has 1 fully saturated rings. The Bertz CT molecular complexity index is 965. The van der Waals surface area contributed by atoms with E-state index in [0.717, 1.165) is 42.3 Å². The van der Waals surface area contributed by atoms with Gasteiger partial charge in [0.1, 0.15) is 12.1 Å². The summed E-state index contributed by atoms with van der Waals surface area (Å²) >= 11 is 0. The van der Waals surface area contributed by atoms with Crippen molar-refractivity contribution in [3.63, 3.8) is 0 Å². The summed E-state index contributed by atoms with van der Waals surface area (Å²) in [7, 11) is 0. The van der Waals surface area contributed by atoms with Crippen molar-refractivity contribution in [3.05, 3.63) is 72.1 Å². The van der Waals surface area contributed by atoms with E-state index >= 15 is 0 Å². The number of anilines is 2. The van der Waals surface area contributed by atoms with Crippen LogP contribution in [0.4, 0.5) is 11.5 Å². The smallest absolute Gasteiger partial charge is 0.255 e. The minimum absolute atomic E-state index is 0.127. The molecule has 1 N–H and O–H groups in total. The van der Waals surface area contributed by atoms with Gasteiger partial charge in [0, 0.05) is 36.0 Å².